The molecule has 0 radical (unpaired) electrons. The van der Waals surface area contributed by atoms with E-state index in [-0.39, 0.29) is 6.10 Å². The van der Waals surface area contributed by atoms with Crippen LogP contribution in [0, 0.1) is 0 Å². The van der Waals surface area contributed by atoms with Crippen molar-refractivity contribution in [3.8, 4) is 11.6 Å². The Morgan fingerprint density at radius 3 is 3.29 bits per heavy atom. The Labute approximate surface area is 82.7 Å². The van der Waals surface area contributed by atoms with Crippen molar-refractivity contribution in [2.75, 3.05) is 6.61 Å². The third-order valence-electron chi connectivity index (χ3n) is 2.06. The van der Waals surface area contributed by atoms with E-state index in [9.17, 15) is 0 Å². The summed E-state index contributed by atoms with van der Waals surface area (Å²) in [6.07, 6.45) is 3.17. The van der Waals surface area contributed by atoms with E-state index in [1.165, 1.54) is 0 Å². The first kappa shape index (κ1) is 8.81. The molecule has 72 valence electrons. The van der Waals surface area contributed by atoms with E-state index < -0.39 is 0 Å². The van der Waals surface area contributed by atoms with Gasteiger partial charge in [-0.15, -0.1) is 0 Å². The van der Waals surface area contributed by atoms with Gasteiger partial charge in [0.05, 0.1) is 0 Å². The van der Waals surface area contributed by atoms with Crippen LogP contribution in [0.25, 0.3) is 0 Å². The lowest BCUT2D eigenvalue weighted by atomic mass is 10.1. The van der Waals surface area contributed by atoms with E-state index in [4.69, 9.17) is 9.47 Å². The summed E-state index contributed by atoms with van der Waals surface area (Å²) in [4.78, 5) is 4.06. The molecule has 0 N–H and O–H groups in total. The highest BCUT2D eigenvalue weighted by Crippen LogP contribution is 2.29. The number of rotatable bonds is 2. The molecular weight excluding hydrogens is 178 g/mol. The summed E-state index contributed by atoms with van der Waals surface area (Å²) in [6, 6.07) is 3.64. The molecule has 1 atom stereocenters. The van der Waals surface area contributed by atoms with Crippen molar-refractivity contribution in [2.45, 2.75) is 6.10 Å². The summed E-state index contributed by atoms with van der Waals surface area (Å²) in [5.74, 6) is 1.20. The Hall–Kier alpha value is -1.77. The molecule has 2 rings (SSSR count). The number of hydrogen-bond acceptors (Lipinski definition) is 3. The predicted molar refractivity (Wildman–Crippen MR) is 53.5 cm³/mol. The zero-order valence-corrected chi connectivity index (χ0v) is 7.77. The minimum absolute atomic E-state index is 0.171. The maximum Gasteiger partial charge on any atom is 0.257 e. The first-order valence-electron chi connectivity index (χ1n) is 4.37. The second kappa shape index (κ2) is 3.54. The van der Waals surface area contributed by atoms with Gasteiger partial charge in [-0.3, -0.25) is 0 Å². The zero-order chi connectivity index (χ0) is 9.97. The van der Waals surface area contributed by atoms with Crippen LogP contribution in [0.4, 0.5) is 0 Å². The van der Waals surface area contributed by atoms with Gasteiger partial charge in [-0.1, -0.05) is 19.2 Å². The lowest BCUT2D eigenvalue weighted by Gasteiger charge is -2.25. The zero-order valence-electron chi connectivity index (χ0n) is 7.77. The SMILES string of the molecule is C=CC(=C)C1COc2cccnc2O1. The van der Waals surface area contributed by atoms with E-state index in [0.29, 0.717) is 18.2 Å². The van der Waals surface area contributed by atoms with Gasteiger partial charge in [0.25, 0.3) is 5.88 Å². The van der Waals surface area contributed by atoms with Gasteiger partial charge in [0.2, 0.25) is 0 Å². The highest BCUT2D eigenvalue weighted by molar-refractivity contribution is 5.36. The number of hydrogen-bond donors (Lipinski definition) is 0. The quantitative estimate of drug-likeness (QED) is 0.666. The number of pyridine rings is 1. The molecular formula is C11H11NO2. The normalized spacial score (nSPS) is 18.7. The lowest BCUT2D eigenvalue weighted by Crippen LogP contribution is -2.30. The van der Waals surface area contributed by atoms with Gasteiger partial charge in [0.1, 0.15) is 6.61 Å². The maximum absolute atomic E-state index is 5.58. The van der Waals surface area contributed by atoms with Crippen LogP contribution in [0.3, 0.4) is 0 Å². The third kappa shape index (κ3) is 1.48. The smallest absolute Gasteiger partial charge is 0.257 e. The van der Waals surface area contributed by atoms with Crippen LogP contribution in [0.5, 0.6) is 11.6 Å². The second-order valence-corrected chi connectivity index (χ2v) is 3.00. The number of ether oxygens (including phenoxy) is 2. The first-order chi connectivity index (χ1) is 6.81. The van der Waals surface area contributed by atoms with E-state index in [2.05, 4.69) is 18.1 Å². The number of fused-ring (bicyclic) bond motifs is 1. The molecule has 0 bridgehead atoms. The van der Waals surface area contributed by atoms with Gasteiger partial charge in [0.15, 0.2) is 11.9 Å². The molecule has 2 heterocycles. The summed E-state index contributed by atoms with van der Waals surface area (Å²) in [5.41, 5.74) is 0.807. The fourth-order valence-electron chi connectivity index (χ4n) is 1.22. The van der Waals surface area contributed by atoms with Crippen LogP contribution in [-0.2, 0) is 0 Å². The summed E-state index contributed by atoms with van der Waals surface area (Å²) < 4.78 is 11.0. The highest BCUT2D eigenvalue weighted by atomic mass is 16.6. The van der Waals surface area contributed by atoms with Gasteiger partial charge < -0.3 is 9.47 Å². The molecule has 0 aromatic carbocycles. The second-order valence-electron chi connectivity index (χ2n) is 3.00. The Kier molecular flexibility index (Phi) is 2.23. The average molecular weight is 189 g/mol. The van der Waals surface area contributed by atoms with Gasteiger partial charge in [0, 0.05) is 6.20 Å². The molecule has 1 aliphatic rings. The van der Waals surface area contributed by atoms with Gasteiger partial charge in [-0.25, -0.2) is 4.98 Å². The lowest BCUT2D eigenvalue weighted by molar-refractivity contribution is 0.111. The van der Waals surface area contributed by atoms with Crippen molar-refractivity contribution in [1.82, 2.24) is 4.98 Å². The molecule has 3 heteroatoms. The van der Waals surface area contributed by atoms with E-state index in [1.54, 1.807) is 12.3 Å². The average Bonchev–Trinajstić information content (AvgIpc) is 2.27. The van der Waals surface area contributed by atoms with Crippen molar-refractivity contribution in [3.05, 3.63) is 43.1 Å². The largest absolute Gasteiger partial charge is 0.484 e. The molecule has 0 saturated carbocycles. The molecule has 1 aromatic heterocycles. The van der Waals surface area contributed by atoms with E-state index >= 15 is 0 Å². The minimum Gasteiger partial charge on any atom is -0.484 e. The van der Waals surface area contributed by atoms with Crippen LogP contribution in [-0.4, -0.2) is 17.7 Å². The maximum atomic E-state index is 5.58. The van der Waals surface area contributed by atoms with Gasteiger partial charge >= 0.3 is 0 Å². The summed E-state index contributed by atoms with van der Waals surface area (Å²) in [5, 5.41) is 0. The van der Waals surface area contributed by atoms with Crippen molar-refractivity contribution in [1.29, 1.82) is 0 Å². The first-order valence-corrected chi connectivity index (χ1v) is 4.37. The third-order valence-corrected chi connectivity index (χ3v) is 2.06. The standard InChI is InChI=1S/C11H11NO2/c1-3-8(2)10-7-13-9-5-4-6-12-11(9)14-10/h3-6,10H,1-2,7H2. The Morgan fingerprint density at radius 1 is 1.64 bits per heavy atom. The molecule has 0 saturated heterocycles. The number of nitrogens with zero attached hydrogens (tertiary/aromatic N) is 1. The molecule has 0 amide bonds. The monoisotopic (exact) mass is 189 g/mol. The fourth-order valence-corrected chi connectivity index (χ4v) is 1.22. The Bertz CT molecular complexity index is 373. The van der Waals surface area contributed by atoms with Crippen LogP contribution in [0.2, 0.25) is 0 Å². The molecule has 1 unspecified atom stereocenters. The molecule has 3 nitrogen and oxygen atoms in total. The Balaban J connectivity index is 2.21. The van der Waals surface area contributed by atoms with Crippen molar-refractivity contribution in [2.24, 2.45) is 0 Å². The fraction of sp³-hybridized carbons (Fsp3) is 0.182. The van der Waals surface area contributed by atoms with Crippen LogP contribution >= 0.6 is 0 Å². The van der Waals surface area contributed by atoms with Crippen molar-refractivity contribution >= 4 is 0 Å². The van der Waals surface area contributed by atoms with E-state index in [1.807, 2.05) is 12.1 Å². The molecule has 1 aromatic rings. The van der Waals surface area contributed by atoms with Crippen LogP contribution in [0.15, 0.2) is 43.1 Å². The summed E-state index contributed by atoms with van der Waals surface area (Å²) in [6.45, 7) is 7.92. The van der Waals surface area contributed by atoms with E-state index in [0.717, 1.165) is 5.57 Å². The molecule has 1 aliphatic heterocycles. The van der Waals surface area contributed by atoms with Crippen LogP contribution in [0.1, 0.15) is 0 Å². The Morgan fingerprint density at radius 2 is 2.50 bits per heavy atom. The topological polar surface area (TPSA) is 31.4 Å². The molecule has 0 fully saturated rings. The summed E-state index contributed by atoms with van der Waals surface area (Å²) >= 11 is 0. The van der Waals surface area contributed by atoms with Gasteiger partial charge in [-0.2, -0.15) is 0 Å². The molecule has 0 spiro atoms. The van der Waals surface area contributed by atoms with Gasteiger partial charge in [-0.05, 0) is 17.7 Å². The molecule has 14 heavy (non-hydrogen) atoms. The predicted octanol–water partition coefficient (Wildman–Crippen LogP) is 1.96. The van der Waals surface area contributed by atoms with Crippen LogP contribution < -0.4 is 9.47 Å². The number of aromatic nitrogens is 1. The highest BCUT2D eigenvalue weighted by Gasteiger charge is 2.22. The van der Waals surface area contributed by atoms with Crippen molar-refractivity contribution in [3.63, 3.8) is 0 Å². The molecule has 0 aliphatic carbocycles. The summed E-state index contributed by atoms with van der Waals surface area (Å²) in [7, 11) is 0. The van der Waals surface area contributed by atoms with Crippen molar-refractivity contribution < 1.29 is 9.47 Å². The minimum atomic E-state index is -0.171.